The highest BCUT2D eigenvalue weighted by Gasteiger charge is 2.29. The molecule has 0 saturated heterocycles. The van der Waals surface area contributed by atoms with Crippen LogP contribution < -0.4 is 0 Å². The summed E-state index contributed by atoms with van der Waals surface area (Å²) in [4.78, 5) is 11.7. The molecule has 0 amide bonds. The monoisotopic (exact) mass is 217 g/mol. The minimum atomic E-state index is -0.227. The van der Waals surface area contributed by atoms with Gasteiger partial charge in [0.25, 0.3) is 0 Å². The SMILES string of the molecule is O=C(Cn1ccc2c(F)cccc21)C1CC1. The smallest absolute Gasteiger partial charge is 0.155 e. The van der Waals surface area contributed by atoms with Gasteiger partial charge in [-0.3, -0.25) is 4.79 Å². The summed E-state index contributed by atoms with van der Waals surface area (Å²) in [5.74, 6) is 0.294. The van der Waals surface area contributed by atoms with Gasteiger partial charge in [0, 0.05) is 17.5 Å². The summed E-state index contributed by atoms with van der Waals surface area (Å²) in [7, 11) is 0. The Labute approximate surface area is 92.7 Å². The lowest BCUT2D eigenvalue weighted by atomic mass is 10.2. The average Bonchev–Trinajstić information content (AvgIpc) is 3.04. The van der Waals surface area contributed by atoms with Gasteiger partial charge in [-0.15, -0.1) is 0 Å². The molecule has 0 bridgehead atoms. The van der Waals surface area contributed by atoms with E-state index in [1.165, 1.54) is 6.07 Å². The van der Waals surface area contributed by atoms with Crippen LogP contribution in [0.5, 0.6) is 0 Å². The van der Waals surface area contributed by atoms with E-state index in [9.17, 15) is 9.18 Å². The highest BCUT2D eigenvalue weighted by atomic mass is 19.1. The van der Waals surface area contributed by atoms with Crippen molar-refractivity contribution in [1.29, 1.82) is 0 Å². The standard InChI is InChI=1S/C13H12FNO/c14-11-2-1-3-12-10(11)6-7-15(12)8-13(16)9-4-5-9/h1-3,6-7,9H,4-5,8H2. The second-order valence-corrected chi connectivity index (χ2v) is 4.36. The number of hydrogen-bond donors (Lipinski definition) is 0. The van der Waals surface area contributed by atoms with E-state index in [-0.39, 0.29) is 17.5 Å². The molecule has 2 nitrogen and oxygen atoms in total. The predicted octanol–water partition coefficient (Wildman–Crippen LogP) is 2.76. The summed E-state index contributed by atoms with van der Waals surface area (Å²) >= 11 is 0. The van der Waals surface area contributed by atoms with Crippen LogP contribution >= 0.6 is 0 Å². The van der Waals surface area contributed by atoms with Crippen molar-refractivity contribution in [3.05, 3.63) is 36.3 Å². The molecule has 1 aromatic carbocycles. The Bertz CT molecular complexity index is 554. The van der Waals surface area contributed by atoms with E-state index >= 15 is 0 Å². The van der Waals surface area contributed by atoms with Crippen molar-refractivity contribution in [2.24, 2.45) is 5.92 Å². The van der Waals surface area contributed by atoms with E-state index in [0.29, 0.717) is 11.9 Å². The molecule has 82 valence electrons. The van der Waals surface area contributed by atoms with Gasteiger partial charge >= 0.3 is 0 Å². The molecule has 0 radical (unpaired) electrons. The van der Waals surface area contributed by atoms with E-state index < -0.39 is 0 Å². The van der Waals surface area contributed by atoms with Crippen molar-refractivity contribution >= 4 is 16.7 Å². The number of aromatic nitrogens is 1. The minimum absolute atomic E-state index is 0.227. The van der Waals surface area contributed by atoms with Crippen LogP contribution in [0.4, 0.5) is 4.39 Å². The molecule has 16 heavy (non-hydrogen) atoms. The number of halogens is 1. The first-order valence-corrected chi connectivity index (χ1v) is 5.52. The van der Waals surface area contributed by atoms with Gasteiger partial charge in [-0.05, 0) is 31.0 Å². The molecule has 1 aliphatic rings. The maximum atomic E-state index is 13.4. The summed E-state index contributed by atoms with van der Waals surface area (Å²) in [6.07, 6.45) is 3.83. The molecule has 1 aliphatic carbocycles. The molecule has 2 aromatic rings. The molecule has 3 rings (SSSR count). The second-order valence-electron chi connectivity index (χ2n) is 4.36. The number of ketones is 1. The normalized spacial score (nSPS) is 15.6. The zero-order valence-electron chi connectivity index (χ0n) is 8.82. The van der Waals surface area contributed by atoms with Crippen LogP contribution in [0.15, 0.2) is 30.5 Å². The van der Waals surface area contributed by atoms with Gasteiger partial charge in [0.05, 0.1) is 12.1 Å². The molecule has 0 atom stereocenters. The van der Waals surface area contributed by atoms with Crippen LogP contribution in [0, 0.1) is 11.7 Å². The van der Waals surface area contributed by atoms with Crippen molar-refractivity contribution in [1.82, 2.24) is 4.57 Å². The summed E-state index contributed by atoms with van der Waals surface area (Å²) < 4.78 is 15.2. The first kappa shape index (κ1) is 9.58. The molecular weight excluding hydrogens is 205 g/mol. The fourth-order valence-corrected chi connectivity index (χ4v) is 2.03. The van der Waals surface area contributed by atoms with Crippen LogP contribution in [-0.4, -0.2) is 10.4 Å². The Kier molecular flexibility index (Phi) is 2.06. The lowest BCUT2D eigenvalue weighted by molar-refractivity contribution is -0.120. The van der Waals surface area contributed by atoms with Gasteiger partial charge in [-0.2, -0.15) is 0 Å². The van der Waals surface area contributed by atoms with Crippen LogP contribution in [0.2, 0.25) is 0 Å². The molecule has 1 saturated carbocycles. The number of carbonyl (C=O) groups excluding carboxylic acids is 1. The van der Waals surface area contributed by atoms with E-state index in [1.807, 2.05) is 10.6 Å². The number of hydrogen-bond acceptors (Lipinski definition) is 1. The largest absolute Gasteiger partial charge is 0.340 e. The Morgan fingerprint density at radius 1 is 1.38 bits per heavy atom. The number of benzene rings is 1. The third kappa shape index (κ3) is 1.52. The topological polar surface area (TPSA) is 22.0 Å². The van der Waals surface area contributed by atoms with Gasteiger partial charge in [-0.1, -0.05) is 6.07 Å². The van der Waals surface area contributed by atoms with Crippen molar-refractivity contribution in [3.63, 3.8) is 0 Å². The Balaban J connectivity index is 1.97. The number of Topliss-reactive ketones (excluding diaryl/α,β-unsaturated/α-hetero) is 1. The minimum Gasteiger partial charge on any atom is -0.340 e. The van der Waals surface area contributed by atoms with Crippen LogP contribution in [0.1, 0.15) is 12.8 Å². The third-order valence-corrected chi connectivity index (χ3v) is 3.12. The second kappa shape index (κ2) is 3.44. The predicted molar refractivity (Wildman–Crippen MR) is 59.6 cm³/mol. The van der Waals surface area contributed by atoms with E-state index in [2.05, 4.69) is 0 Å². The van der Waals surface area contributed by atoms with E-state index in [4.69, 9.17) is 0 Å². The molecule has 1 fully saturated rings. The summed E-state index contributed by atoms with van der Waals surface area (Å²) in [6.45, 7) is 0.373. The van der Waals surface area contributed by atoms with Gasteiger partial charge < -0.3 is 4.57 Å². The fraction of sp³-hybridized carbons (Fsp3) is 0.308. The molecule has 3 heteroatoms. The Morgan fingerprint density at radius 2 is 2.19 bits per heavy atom. The number of carbonyl (C=O) groups is 1. The summed E-state index contributed by atoms with van der Waals surface area (Å²) in [6, 6.07) is 6.69. The molecule has 0 aliphatic heterocycles. The first-order chi connectivity index (χ1) is 7.75. The zero-order chi connectivity index (χ0) is 11.1. The molecule has 0 spiro atoms. The maximum Gasteiger partial charge on any atom is 0.155 e. The Hall–Kier alpha value is -1.64. The van der Waals surface area contributed by atoms with Gasteiger partial charge in [0.1, 0.15) is 5.82 Å². The Morgan fingerprint density at radius 3 is 2.94 bits per heavy atom. The zero-order valence-corrected chi connectivity index (χ0v) is 8.82. The lowest BCUT2D eigenvalue weighted by Gasteiger charge is -2.03. The van der Waals surface area contributed by atoms with Crippen LogP contribution in [0.25, 0.3) is 10.9 Å². The molecule has 1 heterocycles. The lowest BCUT2D eigenvalue weighted by Crippen LogP contribution is -2.10. The molecule has 0 N–H and O–H groups in total. The number of nitrogens with zero attached hydrogens (tertiary/aromatic N) is 1. The van der Waals surface area contributed by atoms with Crippen molar-refractivity contribution in [2.45, 2.75) is 19.4 Å². The molecule has 0 unspecified atom stereocenters. The van der Waals surface area contributed by atoms with Gasteiger partial charge in [0.15, 0.2) is 5.78 Å². The van der Waals surface area contributed by atoms with Gasteiger partial charge in [-0.25, -0.2) is 4.39 Å². The molecule has 1 aromatic heterocycles. The maximum absolute atomic E-state index is 13.4. The van der Waals surface area contributed by atoms with Gasteiger partial charge in [0.2, 0.25) is 0 Å². The van der Waals surface area contributed by atoms with Crippen molar-refractivity contribution in [2.75, 3.05) is 0 Å². The van der Waals surface area contributed by atoms with E-state index in [1.54, 1.807) is 18.3 Å². The van der Waals surface area contributed by atoms with Crippen LogP contribution in [0.3, 0.4) is 0 Å². The fourth-order valence-electron chi connectivity index (χ4n) is 2.03. The first-order valence-electron chi connectivity index (χ1n) is 5.52. The van der Waals surface area contributed by atoms with Crippen molar-refractivity contribution in [3.8, 4) is 0 Å². The number of fused-ring (bicyclic) bond motifs is 1. The van der Waals surface area contributed by atoms with Crippen molar-refractivity contribution < 1.29 is 9.18 Å². The number of rotatable bonds is 3. The van der Waals surface area contributed by atoms with Crippen LogP contribution in [-0.2, 0) is 11.3 Å². The summed E-state index contributed by atoms with van der Waals surface area (Å²) in [5.41, 5.74) is 0.800. The quantitative estimate of drug-likeness (QED) is 0.774. The average molecular weight is 217 g/mol. The molecular formula is C13H12FNO. The highest BCUT2D eigenvalue weighted by molar-refractivity contribution is 5.86. The summed E-state index contributed by atoms with van der Waals surface area (Å²) in [5, 5.41) is 0.589. The third-order valence-electron chi connectivity index (χ3n) is 3.12. The highest BCUT2D eigenvalue weighted by Crippen LogP contribution is 2.30. The van der Waals surface area contributed by atoms with E-state index in [0.717, 1.165) is 18.4 Å².